The number of rotatable bonds is 9. The fourth-order valence-electron chi connectivity index (χ4n) is 4.80. The van der Waals surface area contributed by atoms with E-state index in [1.807, 2.05) is 0 Å². The van der Waals surface area contributed by atoms with Crippen LogP contribution in [-0.2, 0) is 30.8 Å². The minimum Gasteiger partial charge on any atom is -0.458 e. The number of halogens is 1. The summed E-state index contributed by atoms with van der Waals surface area (Å²) in [5.41, 5.74) is -0.242. The van der Waals surface area contributed by atoms with Gasteiger partial charge in [-0.15, -0.1) is 11.8 Å². The van der Waals surface area contributed by atoms with E-state index in [-0.39, 0.29) is 36.0 Å². The van der Waals surface area contributed by atoms with Crippen LogP contribution in [0.4, 0.5) is 9.59 Å². The maximum absolute atomic E-state index is 13.8. The molecule has 1 aromatic rings. The van der Waals surface area contributed by atoms with Gasteiger partial charge in [-0.05, 0) is 70.8 Å². The van der Waals surface area contributed by atoms with Crippen LogP contribution in [0.2, 0.25) is 0 Å². The number of sulfonamides is 1. The molecule has 2 aliphatic heterocycles. The molecule has 13 nitrogen and oxygen atoms in total. The SMILES string of the molecule is C/C=C(\C=N)S(=O)(=O)N1CSC(C)(C)C1C(=O)N[C@@H](Cc1ccc(OC(=O)N2CCN(C(=O)Cl)CC2)cc1)C(=O)OC(C)(C)C. The summed E-state index contributed by atoms with van der Waals surface area (Å²) in [6.07, 6.45) is 1.45. The highest BCUT2D eigenvalue weighted by Gasteiger charge is 2.51. The Hall–Kier alpha value is -3.14. The van der Waals surface area contributed by atoms with E-state index in [0.29, 0.717) is 18.7 Å². The van der Waals surface area contributed by atoms with Gasteiger partial charge in [-0.1, -0.05) is 18.2 Å². The van der Waals surface area contributed by atoms with E-state index in [0.717, 1.165) is 10.5 Å². The zero-order chi connectivity index (χ0) is 33.7. The topological polar surface area (TPSA) is 166 Å². The van der Waals surface area contributed by atoms with Gasteiger partial charge in [0.05, 0.1) is 10.8 Å². The molecule has 45 heavy (non-hydrogen) atoms. The second kappa shape index (κ2) is 14.5. The molecule has 16 heteroatoms. The summed E-state index contributed by atoms with van der Waals surface area (Å²) in [6.45, 7) is 11.2. The van der Waals surface area contributed by atoms with E-state index < -0.39 is 55.8 Å². The Morgan fingerprint density at radius 2 is 1.69 bits per heavy atom. The Morgan fingerprint density at radius 3 is 2.20 bits per heavy atom. The van der Waals surface area contributed by atoms with Crippen molar-refractivity contribution in [3.63, 3.8) is 0 Å². The predicted molar refractivity (Wildman–Crippen MR) is 172 cm³/mol. The third-order valence-corrected chi connectivity index (χ3v) is 10.8. The second-order valence-electron chi connectivity index (χ2n) is 12.0. The minimum atomic E-state index is -4.15. The van der Waals surface area contributed by atoms with E-state index in [9.17, 15) is 27.6 Å². The number of ether oxygens (including phenoxy) is 2. The molecule has 2 fully saturated rings. The molecule has 3 rings (SSSR count). The van der Waals surface area contributed by atoms with Gasteiger partial charge in [-0.3, -0.25) is 9.59 Å². The molecule has 0 radical (unpaired) electrons. The minimum absolute atomic E-state index is 0.00357. The Morgan fingerprint density at radius 1 is 1.11 bits per heavy atom. The van der Waals surface area contributed by atoms with Crippen molar-refractivity contribution in [2.45, 2.75) is 70.4 Å². The van der Waals surface area contributed by atoms with Gasteiger partial charge in [0.2, 0.25) is 15.9 Å². The molecule has 1 aromatic carbocycles. The first-order chi connectivity index (χ1) is 20.9. The molecule has 3 amide bonds. The largest absolute Gasteiger partial charge is 0.458 e. The second-order valence-corrected chi connectivity index (χ2v) is 15.9. The highest BCUT2D eigenvalue weighted by molar-refractivity contribution is 8.02. The molecule has 0 bridgehead atoms. The number of esters is 1. The van der Waals surface area contributed by atoms with Crippen LogP contribution < -0.4 is 10.1 Å². The molecule has 2 saturated heterocycles. The summed E-state index contributed by atoms with van der Waals surface area (Å²) in [5, 5.41) is 9.69. The summed E-state index contributed by atoms with van der Waals surface area (Å²) in [4.78, 5) is 53.6. The molecule has 2 aliphatic rings. The van der Waals surface area contributed by atoms with Crippen molar-refractivity contribution >= 4 is 62.9 Å². The third-order valence-electron chi connectivity index (χ3n) is 7.15. The van der Waals surface area contributed by atoms with Gasteiger partial charge < -0.3 is 30.0 Å². The normalized spacial score (nSPS) is 19.9. The number of amides is 3. The molecule has 2 atom stereocenters. The van der Waals surface area contributed by atoms with Gasteiger partial charge in [-0.2, -0.15) is 4.31 Å². The number of nitrogens with zero attached hydrogens (tertiary/aromatic N) is 3. The Balaban J connectivity index is 1.77. The molecule has 248 valence electrons. The highest BCUT2D eigenvalue weighted by Crippen LogP contribution is 2.42. The smallest absolute Gasteiger partial charge is 0.415 e. The summed E-state index contributed by atoms with van der Waals surface area (Å²) in [7, 11) is -4.15. The molecule has 0 spiro atoms. The summed E-state index contributed by atoms with van der Waals surface area (Å²) >= 11 is 6.77. The fourth-order valence-corrected chi connectivity index (χ4v) is 8.11. The van der Waals surface area contributed by atoms with Crippen LogP contribution in [0.5, 0.6) is 5.75 Å². The van der Waals surface area contributed by atoms with Crippen molar-refractivity contribution in [2.75, 3.05) is 32.1 Å². The van der Waals surface area contributed by atoms with Crippen molar-refractivity contribution in [3.8, 4) is 5.75 Å². The first-order valence-electron chi connectivity index (χ1n) is 14.3. The number of nitrogens with one attached hydrogen (secondary N) is 2. The molecule has 1 unspecified atom stereocenters. The monoisotopic (exact) mass is 685 g/mol. The van der Waals surface area contributed by atoms with E-state index in [1.165, 1.54) is 34.6 Å². The van der Waals surface area contributed by atoms with Crippen molar-refractivity contribution in [1.82, 2.24) is 19.4 Å². The van der Waals surface area contributed by atoms with Crippen LogP contribution in [-0.4, -0.2) is 107 Å². The van der Waals surface area contributed by atoms with Gasteiger partial charge in [0.1, 0.15) is 23.4 Å². The Kier molecular flexibility index (Phi) is 11.7. The summed E-state index contributed by atoms with van der Waals surface area (Å²) < 4.78 is 37.9. The van der Waals surface area contributed by atoms with Gasteiger partial charge in [0.25, 0.3) is 0 Å². The van der Waals surface area contributed by atoms with Crippen LogP contribution in [0.3, 0.4) is 0 Å². The van der Waals surface area contributed by atoms with Crippen molar-refractivity contribution in [2.24, 2.45) is 0 Å². The average Bonchev–Trinajstić information content (AvgIpc) is 3.28. The summed E-state index contributed by atoms with van der Waals surface area (Å²) in [5.74, 6) is -1.12. The highest BCUT2D eigenvalue weighted by atomic mass is 35.5. The van der Waals surface area contributed by atoms with Crippen molar-refractivity contribution < 1.29 is 37.1 Å². The first-order valence-corrected chi connectivity index (χ1v) is 17.1. The van der Waals surface area contributed by atoms with Gasteiger partial charge in [-0.25, -0.2) is 18.0 Å². The molecule has 0 saturated carbocycles. The standard InChI is InChI=1S/C29H40ClN5O8S2/c1-7-21(17-31)45(40,41)35-18-44-29(5,6)23(35)24(36)32-22(25(37)43-28(2,3)4)16-19-8-10-20(11-9-19)42-27(39)34-14-12-33(13-15-34)26(30)38/h7-11,17,22-23,31H,12-16,18H2,1-6H3,(H,32,36)/b21-7+,31-17?/t22-,23?/m0/s1. The lowest BCUT2D eigenvalue weighted by Gasteiger charge is -2.32. The third kappa shape index (κ3) is 9.21. The number of allylic oxidation sites excluding steroid dienone is 2. The number of piperazine rings is 1. The Bertz CT molecular complexity index is 1440. The predicted octanol–water partition coefficient (Wildman–Crippen LogP) is 3.57. The molecule has 0 aliphatic carbocycles. The lowest BCUT2D eigenvalue weighted by atomic mass is 10.0. The van der Waals surface area contributed by atoms with Crippen LogP contribution >= 0.6 is 23.4 Å². The zero-order valence-electron chi connectivity index (χ0n) is 26.2. The number of hydrogen-bond acceptors (Lipinski definition) is 10. The number of hydrogen-bond donors (Lipinski definition) is 2. The first kappa shape index (κ1) is 36.3. The Labute approximate surface area is 273 Å². The number of thioether (sulfide) groups is 1. The molecular formula is C29H40ClN5O8S2. The summed E-state index contributed by atoms with van der Waals surface area (Å²) in [6, 6.07) is 4.07. The van der Waals surface area contributed by atoms with Crippen LogP contribution in [0.15, 0.2) is 35.2 Å². The van der Waals surface area contributed by atoms with Crippen molar-refractivity contribution in [1.29, 1.82) is 5.41 Å². The molecule has 0 aromatic heterocycles. The van der Waals surface area contributed by atoms with Crippen LogP contribution in [0.25, 0.3) is 0 Å². The van der Waals surface area contributed by atoms with Crippen molar-refractivity contribution in [3.05, 3.63) is 40.8 Å². The van der Waals surface area contributed by atoms with Gasteiger partial charge in [0.15, 0.2) is 0 Å². The van der Waals surface area contributed by atoms with Crippen LogP contribution in [0.1, 0.15) is 47.1 Å². The fraction of sp³-hybridized carbons (Fsp3) is 0.552. The number of carbonyl (C=O) groups excluding carboxylic acids is 4. The average molecular weight is 686 g/mol. The maximum Gasteiger partial charge on any atom is 0.415 e. The maximum atomic E-state index is 13.8. The van der Waals surface area contributed by atoms with E-state index in [2.05, 4.69) is 5.32 Å². The van der Waals surface area contributed by atoms with E-state index in [4.69, 9.17) is 26.5 Å². The van der Waals surface area contributed by atoms with Gasteiger partial charge in [0, 0.05) is 43.6 Å². The molecule has 2 N–H and O–H groups in total. The number of carbonyl (C=O) groups is 4. The lowest BCUT2D eigenvalue weighted by molar-refractivity contribution is -0.158. The van der Waals surface area contributed by atoms with E-state index in [1.54, 1.807) is 58.9 Å². The van der Waals surface area contributed by atoms with E-state index >= 15 is 0 Å². The molecular weight excluding hydrogens is 646 g/mol. The van der Waals surface area contributed by atoms with Gasteiger partial charge >= 0.3 is 17.4 Å². The molecule has 2 heterocycles. The van der Waals surface area contributed by atoms with Crippen LogP contribution in [0, 0.1) is 5.41 Å². The number of benzene rings is 1. The lowest BCUT2D eigenvalue weighted by Crippen LogP contribution is -2.57. The zero-order valence-corrected chi connectivity index (χ0v) is 28.6. The quantitative estimate of drug-likeness (QED) is 0.171.